The van der Waals surface area contributed by atoms with Gasteiger partial charge in [-0.2, -0.15) is 0 Å². The maximum absolute atomic E-state index is 5.12. The van der Waals surface area contributed by atoms with Gasteiger partial charge in [0.15, 0.2) is 0 Å². The molecule has 0 spiro atoms. The van der Waals surface area contributed by atoms with Gasteiger partial charge in [0, 0.05) is 0 Å². The van der Waals surface area contributed by atoms with Gasteiger partial charge in [0.25, 0.3) is 0 Å². The van der Waals surface area contributed by atoms with Crippen LogP contribution in [0.25, 0.3) is 0 Å². The van der Waals surface area contributed by atoms with Crippen molar-refractivity contribution in [1.29, 1.82) is 0 Å². The van der Waals surface area contributed by atoms with Crippen molar-refractivity contribution in [2.75, 3.05) is 13.2 Å². The maximum Gasteiger partial charge on any atom is 0.0969 e. The molecule has 0 radical (unpaired) electrons. The van der Waals surface area contributed by atoms with Gasteiger partial charge in [-0.25, -0.2) is 4.98 Å². The summed E-state index contributed by atoms with van der Waals surface area (Å²) in [5.41, 5.74) is 0.0812. The predicted octanol–water partition coefficient (Wildman–Crippen LogP) is 1.84. The third-order valence-electron chi connectivity index (χ3n) is 1.95. The van der Waals surface area contributed by atoms with E-state index in [-0.39, 0.29) is 5.41 Å². The summed E-state index contributed by atoms with van der Waals surface area (Å²) >= 11 is 1.64. The Hall–Kier alpha value is -0.850. The summed E-state index contributed by atoms with van der Waals surface area (Å²) in [5.74, 6) is 6.35. The van der Waals surface area contributed by atoms with Crippen LogP contribution in [0.4, 0.5) is 0 Å². The van der Waals surface area contributed by atoms with Crippen molar-refractivity contribution in [3.8, 4) is 11.8 Å². The second-order valence-electron chi connectivity index (χ2n) is 3.55. The largest absolute Gasteiger partial charge is 0.378 e. The second kappa shape index (κ2) is 3.13. The van der Waals surface area contributed by atoms with E-state index in [9.17, 15) is 0 Å². The summed E-state index contributed by atoms with van der Waals surface area (Å²) in [7, 11) is 0. The van der Waals surface area contributed by atoms with Crippen LogP contribution in [0.2, 0.25) is 0 Å². The quantitative estimate of drug-likeness (QED) is 0.586. The van der Waals surface area contributed by atoms with Crippen LogP contribution in [0.5, 0.6) is 0 Å². The number of hydrogen-bond donors (Lipinski definition) is 0. The highest BCUT2D eigenvalue weighted by molar-refractivity contribution is 7.12. The van der Waals surface area contributed by atoms with Crippen LogP contribution in [0.3, 0.4) is 0 Å². The highest BCUT2D eigenvalue weighted by Gasteiger charge is 2.30. The van der Waals surface area contributed by atoms with Gasteiger partial charge in [-0.15, -0.1) is 11.3 Å². The standard InChI is InChI=1S/C10H11NOS/c1-8-11-5-9(13-8)3-4-10(2)6-12-7-10/h5H,6-7H2,1-2H3. The molecule has 2 nitrogen and oxygen atoms in total. The molecule has 0 bridgehead atoms. The normalized spacial score (nSPS) is 18.6. The number of nitrogens with zero attached hydrogens (tertiary/aromatic N) is 1. The molecule has 0 aromatic carbocycles. The van der Waals surface area contributed by atoms with E-state index < -0.39 is 0 Å². The minimum Gasteiger partial charge on any atom is -0.378 e. The first-order valence-corrected chi connectivity index (χ1v) is 5.03. The van der Waals surface area contributed by atoms with Crippen LogP contribution in [-0.4, -0.2) is 18.2 Å². The molecule has 3 heteroatoms. The number of aromatic nitrogens is 1. The Kier molecular flexibility index (Phi) is 2.10. The fraction of sp³-hybridized carbons (Fsp3) is 0.500. The van der Waals surface area contributed by atoms with Gasteiger partial charge in [0.1, 0.15) is 0 Å². The van der Waals surface area contributed by atoms with E-state index in [4.69, 9.17) is 4.74 Å². The highest BCUT2D eigenvalue weighted by Crippen LogP contribution is 2.25. The lowest BCUT2D eigenvalue weighted by Gasteiger charge is -2.32. The molecule has 2 heterocycles. The first-order chi connectivity index (χ1) is 6.18. The Labute approximate surface area is 82.0 Å². The average Bonchev–Trinajstić information content (AvgIpc) is 2.44. The SMILES string of the molecule is Cc1ncc(C#CC2(C)COC2)s1. The molecule has 0 atom stereocenters. The maximum atomic E-state index is 5.12. The van der Waals surface area contributed by atoms with E-state index in [1.54, 1.807) is 11.3 Å². The summed E-state index contributed by atoms with van der Waals surface area (Å²) in [6, 6.07) is 0. The Bertz CT molecular complexity index is 368. The third-order valence-corrected chi connectivity index (χ3v) is 2.78. The Morgan fingerprint density at radius 2 is 2.38 bits per heavy atom. The van der Waals surface area contributed by atoms with Crippen molar-refractivity contribution in [2.24, 2.45) is 5.41 Å². The fourth-order valence-corrected chi connectivity index (χ4v) is 1.74. The molecule has 0 amide bonds. The number of thiazole rings is 1. The minimum atomic E-state index is 0.0812. The fourth-order valence-electron chi connectivity index (χ4n) is 1.11. The molecule has 68 valence electrons. The lowest BCUT2D eigenvalue weighted by Crippen LogP contribution is -2.38. The molecular weight excluding hydrogens is 182 g/mol. The van der Waals surface area contributed by atoms with Gasteiger partial charge in [-0.05, 0) is 13.8 Å². The molecule has 1 aromatic heterocycles. The molecule has 1 aromatic rings. The van der Waals surface area contributed by atoms with Gasteiger partial charge >= 0.3 is 0 Å². The third kappa shape index (κ3) is 1.90. The second-order valence-corrected chi connectivity index (χ2v) is 4.78. The first-order valence-electron chi connectivity index (χ1n) is 4.21. The minimum absolute atomic E-state index is 0.0812. The van der Waals surface area contributed by atoms with Crippen molar-refractivity contribution in [1.82, 2.24) is 4.98 Å². The monoisotopic (exact) mass is 193 g/mol. The zero-order chi connectivity index (χ0) is 9.31. The summed E-state index contributed by atoms with van der Waals surface area (Å²) in [6.45, 7) is 5.64. The first kappa shape index (κ1) is 8.74. The molecular formula is C10H11NOS. The molecule has 1 saturated heterocycles. The van der Waals surface area contributed by atoms with Crippen LogP contribution < -0.4 is 0 Å². The molecule has 1 aliphatic heterocycles. The van der Waals surface area contributed by atoms with Crippen LogP contribution in [0.15, 0.2) is 6.20 Å². The van der Waals surface area contributed by atoms with Crippen LogP contribution in [-0.2, 0) is 4.74 Å². The van der Waals surface area contributed by atoms with Crippen molar-refractivity contribution in [3.05, 3.63) is 16.1 Å². The Balaban J connectivity index is 2.12. The zero-order valence-corrected chi connectivity index (χ0v) is 8.57. The highest BCUT2D eigenvalue weighted by atomic mass is 32.1. The van der Waals surface area contributed by atoms with Gasteiger partial charge in [-0.1, -0.05) is 11.8 Å². The topological polar surface area (TPSA) is 22.1 Å². The number of aryl methyl sites for hydroxylation is 1. The van der Waals surface area contributed by atoms with E-state index >= 15 is 0 Å². The number of rotatable bonds is 0. The molecule has 2 rings (SSSR count). The average molecular weight is 193 g/mol. The molecule has 0 saturated carbocycles. The summed E-state index contributed by atoms with van der Waals surface area (Å²) in [5, 5.41) is 1.07. The molecule has 1 fully saturated rings. The smallest absolute Gasteiger partial charge is 0.0969 e. The van der Waals surface area contributed by atoms with E-state index in [0.29, 0.717) is 0 Å². The summed E-state index contributed by atoms with van der Waals surface area (Å²) < 4.78 is 5.12. The van der Waals surface area contributed by atoms with Crippen LogP contribution in [0, 0.1) is 24.2 Å². The number of ether oxygens (including phenoxy) is 1. The predicted molar refractivity (Wildman–Crippen MR) is 52.7 cm³/mol. The molecule has 13 heavy (non-hydrogen) atoms. The Morgan fingerprint density at radius 1 is 1.62 bits per heavy atom. The van der Waals surface area contributed by atoms with Gasteiger partial charge in [-0.3, -0.25) is 0 Å². The van der Waals surface area contributed by atoms with E-state index in [1.807, 2.05) is 13.1 Å². The van der Waals surface area contributed by atoms with E-state index in [1.165, 1.54) is 0 Å². The summed E-state index contributed by atoms with van der Waals surface area (Å²) in [4.78, 5) is 5.19. The molecule has 0 N–H and O–H groups in total. The zero-order valence-electron chi connectivity index (χ0n) is 7.76. The number of hydrogen-bond acceptors (Lipinski definition) is 3. The lowest BCUT2D eigenvalue weighted by molar-refractivity contribution is -0.0648. The van der Waals surface area contributed by atoms with E-state index in [0.717, 1.165) is 23.1 Å². The molecule has 1 aliphatic rings. The van der Waals surface area contributed by atoms with Crippen molar-refractivity contribution < 1.29 is 4.74 Å². The molecule has 0 aliphatic carbocycles. The lowest BCUT2D eigenvalue weighted by atomic mass is 9.90. The van der Waals surface area contributed by atoms with E-state index in [2.05, 4.69) is 23.7 Å². The van der Waals surface area contributed by atoms with Crippen LogP contribution >= 0.6 is 11.3 Å². The van der Waals surface area contributed by atoms with Crippen LogP contribution in [0.1, 0.15) is 16.8 Å². The van der Waals surface area contributed by atoms with Gasteiger partial charge in [0.2, 0.25) is 0 Å². The van der Waals surface area contributed by atoms with Gasteiger partial charge < -0.3 is 4.74 Å². The van der Waals surface area contributed by atoms with Gasteiger partial charge in [0.05, 0.1) is 34.7 Å². The Morgan fingerprint density at radius 3 is 2.85 bits per heavy atom. The van der Waals surface area contributed by atoms with Crippen molar-refractivity contribution >= 4 is 11.3 Å². The molecule has 0 unspecified atom stereocenters. The van der Waals surface area contributed by atoms with Crippen molar-refractivity contribution in [2.45, 2.75) is 13.8 Å². The van der Waals surface area contributed by atoms with Crippen molar-refractivity contribution in [3.63, 3.8) is 0 Å². The summed E-state index contributed by atoms with van der Waals surface area (Å²) in [6.07, 6.45) is 1.83.